The van der Waals surface area contributed by atoms with Crippen LogP contribution in [0.5, 0.6) is 0 Å². The number of benzene rings is 1. The van der Waals surface area contributed by atoms with E-state index in [1.54, 1.807) is 23.0 Å². The van der Waals surface area contributed by atoms with Gasteiger partial charge in [-0.1, -0.05) is 23.9 Å². The lowest BCUT2D eigenvalue weighted by Crippen LogP contribution is -2.02. The summed E-state index contributed by atoms with van der Waals surface area (Å²) < 4.78 is 2.71. The van der Waals surface area contributed by atoms with Crippen LogP contribution in [0, 0.1) is 3.57 Å². The summed E-state index contributed by atoms with van der Waals surface area (Å²) >= 11 is 3.53. The first-order valence-electron chi connectivity index (χ1n) is 5.81. The Hall–Kier alpha value is -1.48. The van der Waals surface area contributed by atoms with E-state index >= 15 is 0 Å². The number of halogens is 1. The van der Waals surface area contributed by atoms with Crippen molar-refractivity contribution in [3.05, 3.63) is 51.9 Å². The number of aromatic nitrogens is 4. The van der Waals surface area contributed by atoms with E-state index in [0.717, 1.165) is 3.57 Å². The van der Waals surface area contributed by atoms with Gasteiger partial charge < -0.3 is 0 Å². The molecule has 0 N–H and O–H groups in total. The molecule has 3 rings (SSSR count). The molecule has 0 unspecified atom stereocenters. The van der Waals surface area contributed by atoms with Gasteiger partial charge in [-0.15, -0.1) is 5.10 Å². The number of carbonyl (C=O) groups is 1. The molecule has 5 nitrogen and oxygen atoms in total. The Balaban J connectivity index is 1.69. The molecule has 2 heterocycles. The lowest BCUT2D eigenvalue weighted by molar-refractivity contribution is 0.102. The number of hydrogen-bond acceptors (Lipinski definition) is 5. The number of carbonyl (C=O) groups excluding carboxylic acids is 1. The van der Waals surface area contributed by atoms with E-state index in [1.165, 1.54) is 11.8 Å². The highest BCUT2D eigenvalue weighted by molar-refractivity contribution is 14.1. The molecule has 0 aliphatic heterocycles. The molecule has 100 valence electrons. The van der Waals surface area contributed by atoms with Crippen molar-refractivity contribution in [1.82, 2.24) is 19.6 Å². The Bertz CT molecular complexity index is 723. The summed E-state index contributed by atoms with van der Waals surface area (Å²) in [6.45, 7) is 0. The van der Waals surface area contributed by atoms with Crippen LogP contribution in [0.15, 0.2) is 47.9 Å². The predicted molar refractivity (Wildman–Crippen MR) is 85.0 cm³/mol. The van der Waals surface area contributed by atoms with Crippen LogP contribution in [0.3, 0.4) is 0 Å². The van der Waals surface area contributed by atoms with E-state index in [0.29, 0.717) is 22.3 Å². The van der Waals surface area contributed by atoms with Gasteiger partial charge in [0, 0.05) is 21.5 Å². The monoisotopic (exact) mass is 396 g/mol. The fourth-order valence-electron chi connectivity index (χ4n) is 1.62. The van der Waals surface area contributed by atoms with Crippen molar-refractivity contribution >= 4 is 45.9 Å². The normalized spacial score (nSPS) is 10.8. The maximum absolute atomic E-state index is 12.0. The highest BCUT2D eigenvalue weighted by atomic mass is 127. The zero-order valence-corrected chi connectivity index (χ0v) is 13.2. The number of Topliss-reactive ketones (excluding diaryl/α,β-unsaturated/α-hetero) is 1. The Kier molecular flexibility index (Phi) is 3.97. The summed E-state index contributed by atoms with van der Waals surface area (Å²) in [5.41, 5.74) is 0.708. The molecule has 0 amide bonds. The van der Waals surface area contributed by atoms with Crippen LogP contribution >= 0.6 is 34.4 Å². The van der Waals surface area contributed by atoms with E-state index in [4.69, 9.17) is 0 Å². The standard InChI is InChI=1S/C13H9IN4OS/c14-10-4-2-9(3-5-10)11(19)8-20-13-16-12-15-6-1-7-18(12)17-13/h1-7H,8H2. The summed E-state index contributed by atoms with van der Waals surface area (Å²) in [6, 6.07) is 9.30. The van der Waals surface area contributed by atoms with E-state index in [-0.39, 0.29) is 5.78 Å². The van der Waals surface area contributed by atoms with Gasteiger partial charge in [0.15, 0.2) is 5.78 Å². The van der Waals surface area contributed by atoms with Crippen molar-refractivity contribution in [2.24, 2.45) is 0 Å². The number of rotatable bonds is 4. The van der Waals surface area contributed by atoms with Crippen LogP contribution in [0.1, 0.15) is 10.4 Å². The second-order valence-corrected chi connectivity index (χ2v) is 6.17. The molecule has 7 heteroatoms. The first kappa shape index (κ1) is 13.5. The summed E-state index contributed by atoms with van der Waals surface area (Å²) in [5, 5.41) is 4.80. The Morgan fingerprint density at radius 3 is 2.85 bits per heavy atom. The van der Waals surface area contributed by atoms with Crippen LogP contribution in [0.4, 0.5) is 0 Å². The van der Waals surface area contributed by atoms with E-state index in [1.807, 2.05) is 24.3 Å². The van der Waals surface area contributed by atoms with Gasteiger partial charge in [0.05, 0.1) is 5.75 Å². The minimum absolute atomic E-state index is 0.0678. The fraction of sp³-hybridized carbons (Fsp3) is 0.0769. The van der Waals surface area contributed by atoms with Gasteiger partial charge in [0.1, 0.15) is 0 Å². The average molecular weight is 396 g/mol. The van der Waals surface area contributed by atoms with Crippen molar-refractivity contribution in [3.63, 3.8) is 0 Å². The first-order valence-corrected chi connectivity index (χ1v) is 7.88. The molecule has 0 radical (unpaired) electrons. The Morgan fingerprint density at radius 1 is 1.30 bits per heavy atom. The van der Waals surface area contributed by atoms with Gasteiger partial charge in [-0.3, -0.25) is 4.79 Å². The van der Waals surface area contributed by atoms with E-state index in [2.05, 4.69) is 37.7 Å². The highest BCUT2D eigenvalue weighted by Gasteiger charge is 2.10. The average Bonchev–Trinajstić information content (AvgIpc) is 2.88. The highest BCUT2D eigenvalue weighted by Crippen LogP contribution is 2.16. The van der Waals surface area contributed by atoms with Gasteiger partial charge >= 0.3 is 0 Å². The molecule has 0 spiro atoms. The lowest BCUT2D eigenvalue weighted by Gasteiger charge is -1.99. The SMILES string of the molecule is O=C(CSc1nc2ncccn2n1)c1ccc(I)cc1. The number of thioether (sulfide) groups is 1. The molecule has 1 aromatic carbocycles. The number of hydrogen-bond donors (Lipinski definition) is 0. The van der Waals surface area contributed by atoms with Crippen molar-refractivity contribution in [1.29, 1.82) is 0 Å². The van der Waals surface area contributed by atoms with Gasteiger partial charge in [-0.2, -0.15) is 4.98 Å². The van der Waals surface area contributed by atoms with E-state index in [9.17, 15) is 4.79 Å². The topological polar surface area (TPSA) is 60.2 Å². The molecule has 0 aliphatic rings. The third kappa shape index (κ3) is 2.98. The summed E-state index contributed by atoms with van der Waals surface area (Å²) in [5.74, 6) is 0.923. The molecule has 20 heavy (non-hydrogen) atoms. The lowest BCUT2D eigenvalue weighted by atomic mass is 10.2. The van der Waals surface area contributed by atoms with Crippen LogP contribution in [-0.4, -0.2) is 31.1 Å². The zero-order chi connectivity index (χ0) is 13.9. The molecular formula is C13H9IN4OS. The predicted octanol–water partition coefficient (Wildman–Crippen LogP) is 2.70. The minimum atomic E-state index is 0.0678. The molecule has 0 fully saturated rings. The summed E-state index contributed by atoms with van der Waals surface area (Å²) in [6.07, 6.45) is 3.44. The van der Waals surface area contributed by atoms with Gasteiger partial charge in [0.25, 0.3) is 5.78 Å². The van der Waals surface area contributed by atoms with Gasteiger partial charge in [-0.25, -0.2) is 9.50 Å². The van der Waals surface area contributed by atoms with Crippen molar-refractivity contribution < 1.29 is 4.79 Å². The minimum Gasteiger partial charge on any atom is -0.293 e. The maximum Gasteiger partial charge on any atom is 0.253 e. The van der Waals surface area contributed by atoms with Crippen LogP contribution in [0.2, 0.25) is 0 Å². The molecular weight excluding hydrogens is 387 g/mol. The Labute approximate surface area is 133 Å². The quantitative estimate of drug-likeness (QED) is 0.386. The maximum atomic E-state index is 12.0. The van der Waals surface area contributed by atoms with Crippen LogP contribution in [0.25, 0.3) is 5.78 Å². The Morgan fingerprint density at radius 2 is 2.10 bits per heavy atom. The molecule has 0 saturated heterocycles. The smallest absolute Gasteiger partial charge is 0.253 e. The molecule has 0 saturated carbocycles. The number of fused-ring (bicyclic) bond motifs is 1. The molecule has 2 aromatic heterocycles. The van der Waals surface area contributed by atoms with Crippen molar-refractivity contribution in [3.8, 4) is 0 Å². The second-order valence-electron chi connectivity index (χ2n) is 3.98. The second kappa shape index (κ2) is 5.88. The number of ketones is 1. The molecule has 0 aliphatic carbocycles. The summed E-state index contributed by atoms with van der Waals surface area (Å²) in [4.78, 5) is 20.4. The van der Waals surface area contributed by atoms with Crippen LogP contribution < -0.4 is 0 Å². The fourth-order valence-corrected chi connectivity index (χ4v) is 2.70. The van der Waals surface area contributed by atoms with Gasteiger partial charge in [0.2, 0.25) is 5.16 Å². The zero-order valence-electron chi connectivity index (χ0n) is 10.2. The van der Waals surface area contributed by atoms with E-state index < -0.39 is 0 Å². The third-order valence-electron chi connectivity index (χ3n) is 2.60. The molecule has 0 atom stereocenters. The summed E-state index contributed by atoms with van der Waals surface area (Å²) in [7, 11) is 0. The molecule has 3 aromatic rings. The van der Waals surface area contributed by atoms with Crippen molar-refractivity contribution in [2.75, 3.05) is 5.75 Å². The van der Waals surface area contributed by atoms with Gasteiger partial charge in [-0.05, 0) is 40.8 Å². The first-order chi connectivity index (χ1) is 9.72. The van der Waals surface area contributed by atoms with Crippen molar-refractivity contribution in [2.45, 2.75) is 5.16 Å². The number of nitrogens with zero attached hydrogens (tertiary/aromatic N) is 4. The molecule has 0 bridgehead atoms. The van der Waals surface area contributed by atoms with Crippen LogP contribution in [-0.2, 0) is 0 Å². The third-order valence-corrected chi connectivity index (χ3v) is 4.15. The largest absolute Gasteiger partial charge is 0.293 e.